The minimum Gasteiger partial charge on any atom is -0.399 e. The molecule has 0 saturated carbocycles. The highest BCUT2D eigenvalue weighted by Crippen LogP contribution is 2.11. The molecule has 1 aromatic rings. The molecule has 0 atom stereocenters. The Morgan fingerprint density at radius 3 is 2.10 bits per heavy atom. The van der Waals surface area contributed by atoms with E-state index in [1.807, 2.05) is 4.90 Å². The molecule has 4 nitrogen and oxygen atoms in total. The van der Waals surface area contributed by atoms with E-state index in [-0.39, 0.29) is 11.9 Å². The second kappa shape index (κ2) is 7.90. The van der Waals surface area contributed by atoms with Gasteiger partial charge in [-0.2, -0.15) is 0 Å². The van der Waals surface area contributed by atoms with Gasteiger partial charge in [-0.05, 0) is 51.2 Å². The number of anilines is 1. The smallest absolute Gasteiger partial charge is 0.254 e. The molecule has 0 unspecified atom stereocenters. The summed E-state index contributed by atoms with van der Waals surface area (Å²) in [5.74, 6) is 0.0761. The first-order chi connectivity index (χ1) is 9.49. The van der Waals surface area contributed by atoms with Crippen molar-refractivity contribution in [3.05, 3.63) is 29.8 Å². The second-order valence-corrected chi connectivity index (χ2v) is 5.24. The van der Waals surface area contributed by atoms with Gasteiger partial charge >= 0.3 is 0 Å². The Hall–Kier alpha value is -1.55. The van der Waals surface area contributed by atoms with Crippen LogP contribution in [0.3, 0.4) is 0 Å². The van der Waals surface area contributed by atoms with Crippen LogP contribution in [-0.2, 0) is 0 Å². The highest BCUT2D eigenvalue weighted by Gasteiger charge is 2.19. The van der Waals surface area contributed by atoms with Gasteiger partial charge in [0.05, 0.1) is 0 Å². The van der Waals surface area contributed by atoms with E-state index in [1.165, 1.54) is 0 Å². The fraction of sp³-hybridized carbons (Fsp3) is 0.562. The van der Waals surface area contributed by atoms with Crippen molar-refractivity contribution in [1.82, 2.24) is 9.80 Å². The van der Waals surface area contributed by atoms with Crippen molar-refractivity contribution in [2.24, 2.45) is 0 Å². The maximum absolute atomic E-state index is 12.6. The van der Waals surface area contributed by atoms with Crippen molar-refractivity contribution in [2.45, 2.75) is 33.7 Å². The van der Waals surface area contributed by atoms with Crippen LogP contribution >= 0.6 is 0 Å². The van der Waals surface area contributed by atoms with Gasteiger partial charge in [-0.15, -0.1) is 0 Å². The number of hydrogen-bond donors (Lipinski definition) is 1. The standard InChI is InChI=1S/C16H27N3O/c1-5-18(6-2)11-12-19(13(3)4)16(20)14-7-9-15(17)10-8-14/h7-10,13H,5-6,11-12,17H2,1-4H3. The normalized spacial score (nSPS) is 11.1. The van der Waals surface area contributed by atoms with E-state index in [9.17, 15) is 4.79 Å². The molecule has 0 aliphatic carbocycles. The highest BCUT2D eigenvalue weighted by molar-refractivity contribution is 5.94. The molecule has 1 amide bonds. The average Bonchev–Trinajstić information content (AvgIpc) is 2.43. The lowest BCUT2D eigenvalue weighted by molar-refractivity contribution is 0.0684. The van der Waals surface area contributed by atoms with E-state index in [0.717, 1.165) is 26.2 Å². The molecule has 2 N–H and O–H groups in total. The molecule has 0 saturated heterocycles. The average molecular weight is 277 g/mol. The fourth-order valence-electron chi connectivity index (χ4n) is 2.17. The van der Waals surface area contributed by atoms with E-state index >= 15 is 0 Å². The van der Waals surface area contributed by atoms with Gasteiger partial charge in [-0.3, -0.25) is 4.79 Å². The number of benzene rings is 1. The highest BCUT2D eigenvalue weighted by atomic mass is 16.2. The molecule has 112 valence electrons. The van der Waals surface area contributed by atoms with Gasteiger partial charge in [0.25, 0.3) is 5.91 Å². The van der Waals surface area contributed by atoms with Gasteiger partial charge < -0.3 is 15.5 Å². The first-order valence-corrected chi connectivity index (χ1v) is 7.38. The lowest BCUT2D eigenvalue weighted by Crippen LogP contribution is -2.42. The first kappa shape index (κ1) is 16.5. The number of nitrogens with zero attached hydrogens (tertiary/aromatic N) is 2. The number of rotatable bonds is 7. The van der Waals surface area contributed by atoms with E-state index < -0.39 is 0 Å². The number of carbonyl (C=O) groups is 1. The number of nitrogens with two attached hydrogens (primary N) is 1. The Morgan fingerprint density at radius 1 is 1.10 bits per heavy atom. The zero-order valence-electron chi connectivity index (χ0n) is 13.1. The zero-order valence-corrected chi connectivity index (χ0v) is 13.1. The van der Waals surface area contributed by atoms with Gasteiger partial charge in [-0.25, -0.2) is 0 Å². The molecule has 0 heterocycles. The van der Waals surface area contributed by atoms with Gasteiger partial charge in [0.1, 0.15) is 0 Å². The summed E-state index contributed by atoms with van der Waals surface area (Å²) in [6.45, 7) is 12.1. The number of hydrogen-bond acceptors (Lipinski definition) is 3. The Morgan fingerprint density at radius 2 is 1.65 bits per heavy atom. The fourth-order valence-corrected chi connectivity index (χ4v) is 2.17. The van der Waals surface area contributed by atoms with Crippen LogP contribution in [0.4, 0.5) is 5.69 Å². The third kappa shape index (κ3) is 4.53. The minimum atomic E-state index is 0.0761. The van der Waals surface area contributed by atoms with E-state index in [4.69, 9.17) is 5.73 Å². The Balaban J connectivity index is 2.75. The molecule has 20 heavy (non-hydrogen) atoms. The van der Waals surface area contributed by atoms with Crippen molar-refractivity contribution < 1.29 is 4.79 Å². The van der Waals surface area contributed by atoms with E-state index in [0.29, 0.717) is 11.3 Å². The maximum atomic E-state index is 12.6. The van der Waals surface area contributed by atoms with Crippen LogP contribution in [0.2, 0.25) is 0 Å². The van der Waals surface area contributed by atoms with Crippen LogP contribution in [-0.4, -0.2) is 47.9 Å². The molecule has 0 aliphatic heterocycles. The van der Waals surface area contributed by atoms with Gasteiger partial charge in [-0.1, -0.05) is 13.8 Å². The molecule has 0 radical (unpaired) electrons. The molecular weight excluding hydrogens is 250 g/mol. The quantitative estimate of drug-likeness (QED) is 0.779. The summed E-state index contributed by atoms with van der Waals surface area (Å²) in [6, 6.07) is 7.33. The largest absolute Gasteiger partial charge is 0.399 e. The lowest BCUT2D eigenvalue weighted by Gasteiger charge is -2.29. The monoisotopic (exact) mass is 277 g/mol. The summed E-state index contributed by atoms with van der Waals surface area (Å²) in [5.41, 5.74) is 7.05. The van der Waals surface area contributed by atoms with E-state index in [2.05, 4.69) is 32.6 Å². The van der Waals surface area contributed by atoms with Crippen LogP contribution in [0.1, 0.15) is 38.1 Å². The van der Waals surface area contributed by atoms with Gasteiger partial charge in [0.15, 0.2) is 0 Å². The summed E-state index contributed by atoms with van der Waals surface area (Å²) in [6.07, 6.45) is 0. The lowest BCUT2D eigenvalue weighted by atomic mass is 10.1. The summed E-state index contributed by atoms with van der Waals surface area (Å²) in [5, 5.41) is 0. The SMILES string of the molecule is CCN(CC)CCN(C(=O)c1ccc(N)cc1)C(C)C. The zero-order chi connectivity index (χ0) is 15.1. The molecule has 0 aliphatic rings. The summed E-state index contributed by atoms with van der Waals surface area (Å²) >= 11 is 0. The number of amides is 1. The predicted molar refractivity (Wildman–Crippen MR) is 84.8 cm³/mol. The third-order valence-corrected chi connectivity index (χ3v) is 3.59. The molecule has 0 bridgehead atoms. The molecule has 1 aromatic carbocycles. The molecule has 0 aromatic heterocycles. The minimum absolute atomic E-state index is 0.0761. The molecule has 0 spiro atoms. The Bertz CT molecular complexity index is 410. The predicted octanol–water partition coefficient (Wildman–Crippen LogP) is 2.46. The summed E-state index contributed by atoms with van der Waals surface area (Å²) < 4.78 is 0. The topological polar surface area (TPSA) is 49.6 Å². The van der Waals surface area contributed by atoms with Crippen LogP contribution in [0, 0.1) is 0 Å². The number of carbonyl (C=O) groups excluding carboxylic acids is 1. The van der Waals surface area contributed by atoms with Crippen molar-refractivity contribution in [1.29, 1.82) is 0 Å². The van der Waals surface area contributed by atoms with Crippen molar-refractivity contribution in [3.8, 4) is 0 Å². The molecule has 4 heteroatoms. The van der Waals surface area contributed by atoms with Gasteiger partial charge in [0.2, 0.25) is 0 Å². The molecule has 0 fully saturated rings. The van der Waals surface area contributed by atoms with Crippen LogP contribution in [0.25, 0.3) is 0 Å². The van der Waals surface area contributed by atoms with Crippen LogP contribution in [0.5, 0.6) is 0 Å². The number of likely N-dealkylation sites (N-methyl/N-ethyl adjacent to an activating group) is 1. The molecular formula is C16H27N3O. The Labute approximate surface area is 122 Å². The van der Waals surface area contributed by atoms with Crippen molar-refractivity contribution in [2.75, 3.05) is 31.9 Å². The second-order valence-electron chi connectivity index (χ2n) is 5.24. The summed E-state index contributed by atoms with van der Waals surface area (Å²) in [7, 11) is 0. The van der Waals surface area contributed by atoms with Crippen LogP contribution in [0.15, 0.2) is 24.3 Å². The number of nitrogen functional groups attached to an aromatic ring is 1. The van der Waals surface area contributed by atoms with Crippen LogP contribution < -0.4 is 5.73 Å². The van der Waals surface area contributed by atoms with Gasteiger partial charge in [0, 0.05) is 30.4 Å². The maximum Gasteiger partial charge on any atom is 0.254 e. The van der Waals surface area contributed by atoms with E-state index in [1.54, 1.807) is 24.3 Å². The Kier molecular flexibility index (Phi) is 6.52. The summed E-state index contributed by atoms with van der Waals surface area (Å²) in [4.78, 5) is 16.8. The van der Waals surface area contributed by atoms with Crippen molar-refractivity contribution in [3.63, 3.8) is 0 Å². The van der Waals surface area contributed by atoms with Crippen molar-refractivity contribution >= 4 is 11.6 Å². The first-order valence-electron chi connectivity index (χ1n) is 7.38. The molecule has 1 rings (SSSR count). The third-order valence-electron chi connectivity index (χ3n) is 3.59.